The van der Waals surface area contributed by atoms with Gasteiger partial charge in [0.05, 0.1) is 10.8 Å². The molecule has 13 heavy (non-hydrogen) atoms. The Balaban J connectivity index is 2.81. The number of allylic oxidation sites excluding steroid dienone is 4. The molecular formula is C9H14N2O2. The van der Waals surface area contributed by atoms with Crippen LogP contribution in [0.25, 0.3) is 0 Å². The van der Waals surface area contributed by atoms with Crippen LogP contribution in [0.1, 0.15) is 13.3 Å². The lowest BCUT2D eigenvalue weighted by Crippen LogP contribution is -2.25. The molecule has 2 atom stereocenters. The van der Waals surface area contributed by atoms with Crippen molar-refractivity contribution in [3.05, 3.63) is 34.0 Å². The molecule has 0 heterocycles. The zero-order valence-electron chi connectivity index (χ0n) is 7.64. The SMILES string of the molecule is CC(CN)C1CC=CC=C1[N+](=O)[O-]. The van der Waals surface area contributed by atoms with E-state index in [1.165, 1.54) is 0 Å². The van der Waals surface area contributed by atoms with Crippen LogP contribution in [-0.4, -0.2) is 11.5 Å². The highest BCUT2D eigenvalue weighted by Gasteiger charge is 2.29. The molecule has 1 aliphatic carbocycles. The van der Waals surface area contributed by atoms with E-state index in [1.807, 2.05) is 13.0 Å². The van der Waals surface area contributed by atoms with E-state index in [2.05, 4.69) is 0 Å². The van der Waals surface area contributed by atoms with Gasteiger partial charge in [-0.15, -0.1) is 0 Å². The normalized spacial score (nSPS) is 23.8. The zero-order chi connectivity index (χ0) is 9.84. The van der Waals surface area contributed by atoms with Crippen LogP contribution in [0.15, 0.2) is 23.9 Å². The maximum absolute atomic E-state index is 10.6. The van der Waals surface area contributed by atoms with Crippen molar-refractivity contribution in [2.45, 2.75) is 13.3 Å². The Morgan fingerprint density at radius 1 is 1.85 bits per heavy atom. The number of nitrogens with zero attached hydrogens (tertiary/aromatic N) is 1. The second-order valence-electron chi connectivity index (χ2n) is 3.33. The Kier molecular flexibility index (Phi) is 3.19. The lowest BCUT2D eigenvalue weighted by atomic mass is 9.86. The van der Waals surface area contributed by atoms with Gasteiger partial charge < -0.3 is 5.73 Å². The second kappa shape index (κ2) is 4.18. The molecule has 1 aliphatic rings. The molecule has 0 aliphatic heterocycles. The molecule has 0 aromatic rings. The number of hydrogen-bond acceptors (Lipinski definition) is 3. The van der Waals surface area contributed by atoms with E-state index in [0.717, 1.165) is 6.42 Å². The molecule has 4 heteroatoms. The second-order valence-corrected chi connectivity index (χ2v) is 3.33. The minimum Gasteiger partial charge on any atom is -0.330 e. The highest BCUT2D eigenvalue weighted by molar-refractivity contribution is 5.16. The maximum atomic E-state index is 10.6. The van der Waals surface area contributed by atoms with Gasteiger partial charge in [-0.25, -0.2) is 0 Å². The third-order valence-corrected chi connectivity index (χ3v) is 2.44. The molecule has 2 unspecified atom stereocenters. The summed E-state index contributed by atoms with van der Waals surface area (Å²) in [6.07, 6.45) is 5.98. The monoisotopic (exact) mass is 182 g/mol. The van der Waals surface area contributed by atoms with E-state index >= 15 is 0 Å². The van der Waals surface area contributed by atoms with Crippen molar-refractivity contribution in [3.63, 3.8) is 0 Å². The third-order valence-electron chi connectivity index (χ3n) is 2.44. The van der Waals surface area contributed by atoms with Crippen LogP contribution in [0.5, 0.6) is 0 Å². The van der Waals surface area contributed by atoms with Gasteiger partial charge in [0, 0.05) is 6.08 Å². The fraction of sp³-hybridized carbons (Fsp3) is 0.556. The summed E-state index contributed by atoms with van der Waals surface area (Å²) in [7, 11) is 0. The van der Waals surface area contributed by atoms with Gasteiger partial charge in [0.1, 0.15) is 0 Å². The summed E-state index contributed by atoms with van der Waals surface area (Å²) < 4.78 is 0. The quantitative estimate of drug-likeness (QED) is 0.528. The van der Waals surface area contributed by atoms with Gasteiger partial charge in [-0.1, -0.05) is 19.1 Å². The summed E-state index contributed by atoms with van der Waals surface area (Å²) >= 11 is 0. The van der Waals surface area contributed by atoms with Crippen molar-refractivity contribution in [1.29, 1.82) is 0 Å². The van der Waals surface area contributed by atoms with Crippen LogP contribution in [0.3, 0.4) is 0 Å². The highest BCUT2D eigenvalue weighted by Crippen LogP contribution is 2.27. The molecule has 0 fully saturated rings. The van der Waals surface area contributed by atoms with Gasteiger partial charge in [0.2, 0.25) is 5.70 Å². The van der Waals surface area contributed by atoms with Crippen molar-refractivity contribution in [3.8, 4) is 0 Å². The first kappa shape index (κ1) is 9.92. The van der Waals surface area contributed by atoms with Gasteiger partial charge in [0.25, 0.3) is 0 Å². The summed E-state index contributed by atoms with van der Waals surface area (Å²) in [4.78, 5) is 10.3. The summed E-state index contributed by atoms with van der Waals surface area (Å²) in [5.74, 6) is 0.145. The molecule has 2 N–H and O–H groups in total. The molecule has 0 spiro atoms. The van der Waals surface area contributed by atoms with Gasteiger partial charge in [0.15, 0.2) is 0 Å². The summed E-state index contributed by atoms with van der Waals surface area (Å²) in [6.45, 7) is 2.44. The van der Waals surface area contributed by atoms with Crippen LogP contribution in [0, 0.1) is 22.0 Å². The number of nitrogens with two attached hydrogens (primary N) is 1. The minimum absolute atomic E-state index is 0.0231. The lowest BCUT2D eigenvalue weighted by molar-refractivity contribution is -0.435. The molecule has 0 radical (unpaired) electrons. The average Bonchev–Trinajstić information content (AvgIpc) is 2.16. The molecule has 0 saturated heterocycles. The predicted octanol–water partition coefficient (Wildman–Crippen LogP) is 1.32. The van der Waals surface area contributed by atoms with Crippen LogP contribution in [-0.2, 0) is 0 Å². The van der Waals surface area contributed by atoms with Gasteiger partial charge >= 0.3 is 0 Å². The van der Waals surface area contributed by atoms with Crippen LogP contribution in [0.4, 0.5) is 0 Å². The average molecular weight is 182 g/mol. The molecule has 0 amide bonds. The van der Waals surface area contributed by atoms with E-state index in [1.54, 1.807) is 12.2 Å². The summed E-state index contributed by atoms with van der Waals surface area (Å²) in [6, 6.07) is 0. The van der Waals surface area contributed by atoms with Crippen LogP contribution < -0.4 is 5.73 Å². The Hall–Kier alpha value is -1.16. The first-order valence-corrected chi connectivity index (χ1v) is 4.38. The van der Waals surface area contributed by atoms with Crippen molar-refractivity contribution in [2.24, 2.45) is 17.6 Å². The molecule has 0 aromatic carbocycles. The largest absolute Gasteiger partial charge is 0.330 e. The number of rotatable bonds is 3. The molecule has 1 rings (SSSR count). The molecule has 0 aromatic heterocycles. The first-order chi connectivity index (χ1) is 6.16. The van der Waals surface area contributed by atoms with E-state index in [4.69, 9.17) is 5.73 Å². The molecule has 72 valence electrons. The number of nitro groups is 1. The van der Waals surface area contributed by atoms with Crippen molar-refractivity contribution >= 4 is 0 Å². The topological polar surface area (TPSA) is 69.2 Å². The lowest BCUT2D eigenvalue weighted by Gasteiger charge is -2.20. The molecule has 4 nitrogen and oxygen atoms in total. The van der Waals surface area contributed by atoms with Crippen molar-refractivity contribution in [2.75, 3.05) is 6.54 Å². The zero-order valence-corrected chi connectivity index (χ0v) is 7.64. The Bertz CT molecular complexity index is 258. The maximum Gasteiger partial charge on any atom is 0.249 e. The van der Waals surface area contributed by atoms with Gasteiger partial charge in [-0.3, -0.25) is 10.1 Å². The fourth-order valence-electron chi connectivity index (χ4n) is 1.52. The van der Waals surface area contributed by atoms with Crippen molar-refractivity contribution in [1.82, 2.24) is 0 Å². The molecule has 0 saturated carbocycles. The first-order valence-electron chi connectivity index (χ1n) is 4.38. The van der Waals surface area contributed by atoms with E-state index < -0.39 is 0 Å². The molecule has 0 bridgehead atoms. The van der Waals surface area contributed by atoms with E-state index in [-0.39, 0.29) is 16.8 Å². The Labute approximate surface area is 77.3 Å². The van der Waals surface area contributed by atoms with Gasteiger partial charge in [-0.05, 0) is 18.9 Å². The standard InChI is InChI=1S/C9H14N2O2/c1-7(6-10)8-4-2-3-5-9(8)11(12)13/h2-3,5,7-8H,4,6,10H2,1H3. The van der Waals surface area contributed by atoms with Crippen LogP contribution in [0.2, 0.25) is 0 Å². The predicted molar refractivity (Wildman–Crippen MR) is 50.5 cm³/mol. The van der Waals surface area contributed by atoms with Gasteiger partial charge in [-0.2, -0.15) is 0 Å². The Morgan fingerprint density at radius 2 is 2.54 bits per heavy atom. The molecular weight excluding hydrogens is 168 g/mol. The fourth-order valence-corrected chi connectivity index (χ4v) is 1.52. The Morgan fingerprint density at radius 3 is 3.08 bits per heavy atom. The summed E-state index contributed by atoms with van der Waals surface area (Å²) in [5.41, 5.74) is 5.78. The van der Waals surface area contributed by atoms with Crippen molar-refractivity contribution < 1.29 is 4.92 Å². The third kappa shape index (κ3) is 2.15. The smallest absolute Gasteiger partial charge is 0.249 e. The van der Waals surface area contributed by atoms with E-state index in [0.29, 0.717) is 12.2 Å². The van der Waals surface area contributed by atoms with E-state index in [9.17, 15) is 10.1 Å². The minimum atomic E-state index is -0.305. The summed E-state index contributed by atoms with van der Waals surface area (Å²) in [5, 5.41) is 10.6. The van der Waals surface area contributed by atoms with Crippen LogP contribution >= 0.6 is 0 Å². The number of hydrogen-bond donors (Lipinski definition) is 1. The highest BCUT2D eigenvalue weighted by atomic mass is 16.6.